The maximum absolute atomic E-state index is 12.6. The molecule has 2 aliphatic heterocycles. The van der Waals surface area contributed by atoms with E-state index in [1.54, 1.807) is 29.2 Å². The number of benzene rings is 2. The number of carbonyl (C=O) groups excluding carboxylic acids is 1. The van der Waals surface area contributed by atoms with Gasteiger partial charge in [-0.15, -0.1) is 0 Å². The van der Waals surface area contributed by atoms with Gasteiger partial charge in [0.25, 0.3) is 0 Å². The average Bonchev–Trinajstić information content (AvgIpc) is 2.94. The predicted octanol–water partition coefficient (Wildman–Crippen LogP) is 2.68. The summed E-state index contributed by atoms with van der Waals surface area (Å²) >= 11 is 0. The van der Waals surface area contributed by atoms with Gasteiger partial charge < -0.3 is 30.1 Å². The monoisotopic (exact) mass is 485 g/mol. The summed E-state index contributed by atoms with van der Waals surface area (Å²) < 4.78 is 5.42. The second-order valence-corrected chi connectivity index (χ2v) is 8.47. The van der Waals surface area contributed by atoms with Crippen LogP contribution in [0.2, 0.25) is 0 Å². The molecule has 0 radical (unpaired) electrons. The molecule has 36 heavy (non-hydrogen) atoms. The number of nitrogens with zero attached hydrogens (tertiary/aromatic N) is 7. The lowest BCUT2D eigenvalue weighted by Gasteiger charge is -2.34. The number of carbonyl (C=O) groups is 1. The Bertz CT molecular complexity index is 1210. The highest BCUT2D eigenvalue weighted by Gasteiger charge is 2.23. The minimum atomic E-state index is -0.169. The molecule has 2 aromatic carbocycles. The number of nitrogens with one attached hydrogen (secondary N) is 2. The van der Waals surface area contributed by atoms with Crippen molar-refractivity contribution >= 4 is 35.0 Å². The number of piperazine rings is 1. The van der Waals surface area contributed by atoms with Gasteiger partial charge in [0.2, 0.25) is 11.9 Å². The van der Waals surface area contributed by atoms with Crippen LogP contribution in [0.4, 0.5) is 33.8 Å². The molecule has 5 rings (SSSR count). The molecular weight excluding hydrogens is 458 g/mol. The van der Waals surface area contributed by atoms with Crippen LogP contribution in [-0.2, 0) is 4.74 Å². The van der Waals surface area contributed by atoms with E-state index in [4.69, 9.17) is 10.00 Å². The lowest BCUT2D eigenvalue weighted by molar-refractivity contribution is 0.122. The third-order valence-electron chi connectivity index (χ3n) is 6.17. The van der Waals surface area contributed by atoms with Crippen LogP contribution in [-0.4, -0.2) is 78.4 Å². The van der Waals surface area contributed by atoms with Crippen molar-refractivity contribution in [1.82, 2.24) is 19.9 Å². The van der Waals surface area contributed by atoms with Crippen LogP contribution in [0.25, 0.3) is 0 Å². The summed E-state index contributed by atoms with van der Waals surface area (Å²) in [4.78, 5) is 31.9. The Labute approximate surface area is 209 Å². The molecule has 2 amide bonds. The van der Waals surface area contributed by atoms with E-state index in [2.05, 4.69) is 48.7 Å². The van der Waals surface area contributed by atoms with Gasteiger partial charge in [0, 0.05) is 56.3 Å². The first-order valence-corrected chi connectivity index (χ1v) is 11.9. The first kappa shape index (κ1) is 23.3. The van der Waals surface area contributed by atoms with E-state index in [1.807, 2.05) is 17.0 Å². The summed E-state index contributed by atoms with van der Waals surface area (Å²) in [6.07, 6.45) is 1.50. The van der Waals surface area contributed by atoms with Gasteiger partial charge in [-0.3, -0.25) is 0 Å². The highest BCUT2D eigenvalue weighted by atomic mass is 16.5. The molecule has 3 heterocycles. The van der Waals surface area contributed by atoms with Gasteiger partial charge in [-0.25, -0.2) is 14.8 Å². The molecule has 11 nitrogen and oxygen atoms in total. The second-order valence-electron chi connectivity index (χ2n) is 8.47. The third-order valence-corrected chi connectivity index (χ3v) is 6.17. The summed E-state index contributed by atoms with van der Waals surface area (Å²) in [5, 5.41) is 15.0. The first-order chi connectivity index (χ1) is 17.7. The van der Waals surface area contributed by atoms with E-state index in [-0.39, 0.29) is 6.03 Å². The van der Waals surface area contributed by atoms with Gasteiger partial charge in [0.15, 0.2) is 0 Å². The molecule has 0 bridgehead atoms. The molecule has 184 valence electrons. The number of urea groups is 1. The Kier molecular flexibility index (Phi) is 7.05. The molecule has 2 saturated heterocycles. The summed E-state index contributed by atoms with van der Waals surface area (Å²) in [7, 11) is 0. The highest BCUT2D eigenvalue weighted by Crippen LogP contribution is 2.21. The lowest BCUT2D eigenvalue weighted by atomic mass is 10.2. The average molecular weight is 486 g/mol. The van der Waals surface area contributed by atoms with Crippen molar-refractivity contribution in [3.05, 3.63) is 60.4 Å². The maximum atomic E-state index is 12.6. The number of morpholine rings is 1. The molecule has 11 heteroatoms. The molecule has 0 aliphatic carbocycles. The third kappa shape index (κ3) is 5.61. The molecule has 1 aromatic heterocycles. The number of hydrogen-bond acceptors (Lipinski definition) is 9. The molecule has 0 atom stereocenters. The minimum absolute atomic E-state index is 0.169. The molecule has 3 aromatic rings. The van der Waals surface area contributed by atoms with E-state index in [1.165, 1.54) is 12.0 Å². The van der Waals surface area contributed by atoms with E-state index in [9.17, 15) is 4.79 Å². The van der Waals surface area contributed by atoms with Crippen LogP contribution >= 0.6 is 0 Å². The predicted molar refractivity (Wildman–Crippen MR) is 137 cm³/mol. The fraction of sp³-hybridized carbons (Fsp3) is 0.320. The van der Waals surface area contributed by atoms with Crippen molar-refractivity contribution in [1.29, 1.82) is 5.26 Å². The topological polar surface area (TPSA) is 123 Å². The molecule has 0 saturated carbocycles. The summed E-state index contributed by atoms with van der Waals surface area (Å²) in [6.45, 7) is 5.60. The smallest absolute Gasteiger partial charge is 0.321 e. The highest BCUT2D eigenvalue weighted by molar-refractivity contribution is 5.89. The first-order valence-electron chi connectivity index (χ1n) is 11.9. The van der Waals surface area contributed by atoms with Gasteiger partial charge in [0.05, 0.1) is 24.8 Å². The van der Waals surface area contributed by atoms with Crippen molar-refractivity contribution in [3.8, 4) is 6.07 Å². The fourth-order valence-corrected chi connectivity index (χ4v) is 4.15. The molecule has 2 fully saturated rings. The number of rotatable bonds is 5. The quantitative estimate of drug-likeness (QED) is 0.561. The SMILES string of the molecule is N#Cc1ccc(NC(=O)N2CCN(c3ncnc(Nc4ccc(N5CCOCC5)cc4)n3)CC2)cc1. The standard InChI is InChI=1S/C25H27N9O2/c26-17-19-1-3-21(4-2-19)30-25(35)34-11-9-33(10-12-34)24-28-18-27-23(31-24)29-20-5-7-22(8-6-20)32-13-15-36-16-14-32/h1-8,18H,9-16H2,(H,30,35)(H,27,28,29,31). The summed E-state index contributed by atoms with van der Waals surface area (Å²) in [5.41, 5.74) is 3.28. The van der Waals surface area contributed by atoms with Crippen molar-refractivity contribution in [2.45, 2.75) is 0 Å². The second kappa shape index (κ2) is 10.9. The van der Waals surface area contributed by atoms with E-state index in [0.29, 0.717) is 49.3 Å². The Balaban J connectivity index is 1.14. The number of ether oxygens (including phenoxy) is 1. The van der Waals surface area contributed by atoms with Crippen LogP contribution in [0.15, 0.2) is 54.9 Å². The van der Waals surface area contributed by atoms with Gasteiger partial charge in [-0.1, -0.05) is 0 Å². The number of hydrogen-bond donors (Lipinski definition) is 2. The zero-order valence-corrected chi connectivity index (χ0v) is 19.8. The zero-order chi connectivity index (χ0) is 24.7. The van der Waals surface area contributed by atoms with Gasteiger partial charge in [-0.05, 0) is 48.5 Å². The minimum Gasteiger partial charge on any atom is -0.378 e. The molecular formula is C25H27N9O2. The van der Waals surface area contributed by atoms with Gasteiger partial charge >= 0.3 is 6.03 Å². The molecule has 0 spiro atoms. The molecule has 0 unspecified atom stereocenters. The van der Waals surface area contributed by atoms with E-state index >= 15 is 0 Å². The Hall–Kier alpha value is -4.43. The molecule has 2 N–H and O–H groups in total. The fourth-order valence-electron chi connectivity index (χ4n) is 4.15. The van der Waals surface area contributed by atoms with Crippen LogP contribution < -0.4 is 20.4 Å². The van der Waals surface area contributed by atoms with Crippen molar-refractivity contribution in [3.63, 3.8) is 0 Å². The number of nitriles is 1. The van der Waals surface area contributed by atoms with Gasteiger partial charge in [-0.2, -0.15) is 10.2 Å². The van der Waals surface area contributed by atoms with Gasteiger partial charge in [0.1, 0.15) is 6.33 Å². The van der Waals surface area contributed by atoms with Crippen molar-refractivity contribution in [2.24, 2.45) is 0 Å². The van der Waals surface area contributed by atoms with E-state index in [0.717, 1.165) is 32.0 Å². The van der Waals surface area contributed by atoms with Crippen molar-refractivity contribution < 1.29 is 9.53 Å². The van der Waals surface area contributed by atoms with E-state index < -0.39 is 0 Å². The van der Waals surface area contributed by atoms with Crippen LogP contribution in [0, 0.1) is 11.3 Å². The van der Waals surface area contributed by atoms with Crippen LogP contribution in [0.3, 0.4) is 0 Å². The lowest BCUT2D eigenvalue weighted by Crippen LogP contribution is -2.50. The Morgan fingerprint density at radius 3 is 2.25 bits per heavy atom. The number of amides is 2. The summed E-state index contributed by atoms with van der Waals surface area (Å²) in [5.74, 6) is 1.05. The summed E-state index contributed by atoms with van der Waals surface area (Å²) in [6, 6.07) is 16.9. The number of anilines is 5. The van der Waals surface area contributed by atoms with Crippen LogP contribution in [0.5, 0.6) is 0 Å². The normalized spacial score (nSPS) is 15.8. The number of aromatic nitrogens is 3. The van der Waals surface area contributed by atoms with Crippen LogP contribution in [0.1, 0.15) is 5.56 Å². The van der Waals surface area contributed by atoms with Crippen molar-refractivity contribution in [2.75, 3.05) is 72.9 Å². The Morgan fingerprint density at radius 2 is 1.56 bits per heavy atom. The Morgan fingerprint density at radius 1 is 0.861 bits per heavy atom. The zero-order valence-electron chi connectivity index (χ0n) is 19.8. The molecule has 2 aliphatic rings. The largest absolute Gasteiger partial charge is 0.378 e. The maximum Gasteiger partial charge on any atom is 0.321 e.